The van der Waals surface area contributed by atoms with Gasteiger partial charge in [0.05, 0.1) is 13.7 Å². The molecule has 0 N–H and O–H groups in total. The summed E-state index contributed by atoms with van der Waals surface area (Å²) in [6.07, 6.45) is 3.78. The summed E-state index contributed by atoms with van der Waals surface area (Å²) in [6, 6.07) is 7.74. The highest BCUT2D eigenvalue weighted by Gasteiger charge is 2.02. The van der Waals surface area contributed by atoms with Crippen LogP contribution in [0.3, 0.4) is 0 Å². The smallest absolute Gasteiger partial charge is 0.119 e. The normalized spacial score (nSPS) is 12.2. The van der Waals surface area contributed by atoms with Gasteiger partial charge < -0.3 is 9.47 Å². The Morgan fingerprint density at radius 3 is 2.31 bits per heavy atom. The van der Waals surface area contributed by atoms with Gasteiger partial charge >= 0.3 is 0 Å². The zero-order chi connectivity index (χ0) is 11.8. The molecule has 0 aliphatic carbocycles. The summed E-state index contributed by atoms with van der Waals surface area (Å²) < 4.78 is 10.8. The molecule has 0 aliphatic heterocycles. The third-order valence-electron chi connectivity index (χ3n) is 2.64. The maximum atomic E-state index is 5.71. The quantitative estimate of drug-likeness (QED) is 0.696. The molecule has 0 heterocycles. The molecule has 0 aliphatic rings. The van der Waals surface area contributed by atoms with Crippen molar-refractivity contribution >= 4 is 0 Å². The lowest BCUT2D eigenvalue weighted by molar-refractivity contribution is 0.249. The highest BCUT2D eigenvalue weighted by molar-refractivity contribution is 5.31. The van der Waals surface area contributed by atoms with Crippen molar-refractivity contribution in [2.75, 3.05) is 13.7 Å². The van der Waals surface area contributed by atoms with Gasteiger partial charge in [0.1, 0.15) is 11.5 Å². The van der Waals surface area contributed by atoms with Crippen molar-refractivity contribution in [2.24, 2.45) is 5.92 Å². The standard InChI is InChI=1S/C14H22O2/c1-4-5-6-12(2)11-16-14-9-7-13(15-3)8-10-14/h7-10,12H,4-6,11H2,1-3H3. The van der Waals surface area contributed by atoms with E-state index < -0.39 is 0 Å². The van der Waals surface area contributed by atoms with Gasteiger partial charge in [-0.3, -0.25) is 0 Å². The van der Waals surface area contributed by atoms with Crippen molar-refractivity contribution in [3.63, 3.8) is 0 Å². The molecular weight excluding hydrogens is 200 g/mol. The third kappa shape index (κ3) is 4.56. The van der Waals surface area contributed by atoms with Crippen LogP contribution in [0, 0.1) is 5.92 Å². The zero-order valence-electron chi connectivity index (χ0n) is 10.5. The fourth-order valence-corrected chi connectivity index (χ4v) is 1.55. The van der Waals surface area contributed by atoms with Crippen LogP contribution in [-0.2, 0) is 0 Å². The Morgan fingerprint density at radius 2 is 1.75 bits per heavy atom. The summed E-state index contributed by atoms with van der Waals surface area (Å²) in [6.45, 7) is 5.25. The SMILES string of the molecule is CCCCC(C)COc1ccc(OC)cc1. The first-order chi connectivity index (χ1) is 7.76. The largest absolute Gasteiger partial charge is 0.497 e. The van der Waals surface area contributed by atoms with Crippen molar-refractivity contribution in [3.05, 3.63) is 24.3 Å². The average Bonchev–Trinajstić information content (AvgIpc) is 2.34. The van der Waals surface area contributed by atoms with E-state index in [2.05, 4.69) is 13.8 Å². The number of unbranched alkanes of at least 4 members (excludes halogenated alkanes) is 1. The van der Waals surface area contributed by atoms with Crippen LogP contribution in [0.1, 0.15) is 33.1 Å². The van der Waals surface area contributed by atoms with E-state index in [1.165, 1.54) is 19.3 Å². The predicted octanol–water partition coefficient (Wildman–Crippen LogP) is 3.90. The number of methoxy groups -OCH3 is 1. The summed E-state index contributed by atoms with van der Waals surface area (Å²) in [4.78, 5) is 0. The molecular formula is C14H22O2. The molecule has 16 heavy (non-hydrogen) atoms. The molecule has 1 aromatic rings. The molecule has 0 bridgehead atoms. The van der Waals surface area contributed by atoms with Gasteiger partial charge in [-0.15, -0.1) is 0 Å². The van der Waals surface area contributed by atoms with Crippen LogP contribution < -0.4 is 9.47 Å². The molecule has 0 fully saturated rings. The Morgan fingerprint density at radius 1 is 1.12 bits per heavy atom. The minimum absolute atomic E-state index is 0.627. The summed E-state index contributed by atoms with van der Waals surface area (Å²) in [5.41, 5.74) is 0. The lowest BCUT2D eigenvalue weighted by Gasteiger charge is -2.12. The van der Waals surface area contributed by atoms with E-state index in [1.54, 1.807) is 7.11 Å². The Labute approximate surface area is 98.6 Å². The van der Waals surface area contributed by atoms with Crippen molar-refractivity contribution in [2.45, 2.75) is 33.1 Å². The van der Waals surface area contributed by atoms with Gasteiger partial charge in [0.2, 0.25) is 0 Å². The van der Waals surface area contributed by atoms with Gasteiger partial charge in [-0.25, -0.2) is 0 Å². The lowest BCUT2D eigenvalue weighted by atomic mass is 10.1. The van der Waals surface area contributed by atoms with Gasteiger partial charge in [-0.05, 0) is 36.6 Å². The summed E-state index contributed by atoms with van der Waals surface area (Å²) in [5.74, 6) is 2.41. The minimum Gasteiger partial charge on any atom is -0.497 e. The first kappa shape index (κ1) is 12.9. The summed E-state index contributed by atoms with van der Waals surface area (Å²) >= 11 is 0. The second-order valence-corrected chi connectivity index (χ2v) is 4.23. The highest BCUT2D eigenvalue weighted by atomic mass is 16.5. The first-order valence-electron chi connectivity index (χ1n) is 6.03. The highest BCUT2D eigenvalue weighted by Crippen LogP contribution is 2.18. The van der Waals surface area contributed by atoms with E-state index in [-0.39, 0.29) is 0 Å². The molecule has 0 saturated carbocycles. The summed E-state index contributed by atoms with van der Waals surface area (Å²) in [7, 11) is 1.67. The Balaban J connectivity index is 2.30. The molecule has 2 nitrogen and oxygen atoms in total. The third-order valence-corrected chi connectivity index (χ3v) is 2.64. The van der Waals surface area contributed by atoms with Gasteiger partial charge in [0.25, 0.3) is 0 Å². The molecule has 0 aromatic heterocycles. The zero-order valence-corrected chi connectivity index (χ0v) is 10.5. The lowest BCUT2D eigenvalue weighted by Crippen LogP contribution is -2.08. The van der Waals surface area contributed by atoms with Crippen molar-refractivity contribution in [3.8, 4) is 11.5 Å². The van der Waals surface area contributed by atoms with Crippen LogP contribution >= 0.6 is 0 Å². The molecule has 0 saturated heterocycles. The van der Waals surface area contributed by atoms with Gasteiger partial charge in [0, 0.05) is 0 Å². The van der Waals surface area contributed by atoms with E-state index >= 15 is 0 Å². The van der Waals surface area contributed by atoms with Gasteiger partial charge in [0.15, 0.2) is 0 Å². The summed E-state index contributed by atoms with van der Waals surface area (Å²) in [5, 5.41) is 0. The minimum atomic E-state index is 0.627. The van der Waals surface area contributed by atoms with Crippen molar-refractivity contribution in [1.29, 1.82) is 0 Å². The molecule has 0 radical (unpaired) electrons. The van der Waals surface area contributed by atoms with Crippen molar-refractivity contribution in [1.82, 2.24) is 0 Å². The number of hydrogen-bond acceptors (Lipinski definition) is 2. The van der Waals surface area contributed by atoms with Gasteiger partial charge in [-0.2, -0.15) is 0 Å². The molecule has 0 spiro atoms. The molecule has 1 rings (SSSR count). The fourth-order valence-electron chi connectivity index (χ4n) is 1.55. The van der Waals surface area contributed by atoms with E-state index in [0.717, 1.165) is 18.1 Å². The van der Waals surface area contributed by atoms with Crippen LogP contribution in [0.15, 0.2) is 24.3 Å². The maximum Gasteiger partial charge on any atom is 0.119 e. The maximum absolute atomic E-state index is 5.71. The van der Waals surface area contributed by atoms with E-state index in [9.17, 15) is 0 Å². The first-order valence-corrected chi connectivity index (χ1v) is 6.03. The van der Waals surface area contributed by atoms with Crippen LogP contribution in [0.2, 0.25) is 0 Å². The topological polar surface area (TPSA) is 18.5 Å². The van der Waals surface area contributed by atoms with E-state index in [0.29, 0.717) is 5.92 Å². The van der Waals surface area contributed by atoms with E-state index in [1.807, 2.05) is 24.3 Å². The number of benzene rings is 1. The molecule has 0 amide bonds. The number of rotatable bonds is 7. The molecule has 1 aromatic carbocycles. The number of hydrogen-bond donors (Lipinski definition) is 0. The second kappa shape index (κ2) is 7.15. The Hall–Kier alpha value is -1.18. The van der Waals surface area contributed by atoms with Crippen LogP contribution in [0.4, 0.5) is 0 Å². The van der Waals surface area contributed by atoms with Crippen molar-refractivity contribution < 1.29 is 9.47 Å². The van der Waals surface area contributed by atoms with Crippen LogP contribution in [0.5, 0.6) is 11.5 Å². The monoisotopic (exact) mass is 222 g/mol. The molecule has 1 atom stereocenters. The average molecular weight is 222 g/mol. The fraction of sp³-hybridized carbons (Fsp3) is 0.571. The second-order valence-electron chi connectivity index (χ2n) is 4.23. The predicted molar refractivity (Wildman–Crippen MR) is 67.2 cm³/mol. The molecule has 2 heteroatoms. The number of ether oxygens (including phenoxy) is 2. The Kier molecular flexibility index (Phi) is 5.76. The van der Waals surface area contributed by atoms with E-state index in [4.69, 9.17) is 9.47 Å². The molecule has 90 valence electrons. The Bertz CT molecular complexity index is 279. The molecule has 1 unspecified atom stereocenters. The van der Waals surface area contributed by atoms with Crippen LogP contribution in [0.25, 0.3) is 0 Å². The van der Waals surface area contributed by atoms with Crippen LogP contribution in [-0.4, -0.2) is 13.7 Å². The van der Waals surface area contributed by atoms with Gasteiger partial charge in [-0.1, -0.05) is 26.7 Å².